The Bertz CT molecular complexity index is 472. The SMILES string of the molecule is C[C@H]1CNCCN1Cc1cn2ccccc2n1. The molecular formula is C13H18N4. The molecule has 2 aromatic heterocycles. The minimum atomic E-state index is 0.591. The van der Waals surface area contributed by atoms with Gasteiger partial charge in [0, 0.05) is 44.6 Å². The number of piperazine rings is 1. The summed E-state index contributed by atoms with van der Waals surface area (Å²) in [7, 11) is 0. The highest BCUT2D eigenvalue weighted by atomic mass is 15.2. The Morgan fingerprint density at radius 3 is 3.24 bits per heavy atom. The number of hydrogen-bond acceptors (Lipinski definition) is 3. The average Bonchev–Trinajstić information content (AvgIpc) is 2.74. The van der Waals surface area contributed by atoms with E-state index in [1.807, 2.05) is 24.4 Å². The van der Waals surface area contributed by atoms with E-state index >= 15 is 0 Å². The summed E-state index contributed by atoms with van der Waals surface area (Å²) in [5.41, 5.74) is 2.19. The molecule has 1 aliphatic rings. The van der Waals surface area contributed by atoms with Crippen LogP contribution in [0.15, 0.2) is 30.6 Å². The van der Waals surface area contributed by atoms with E-state index in [1.54, 1.807) is 0 Å². The third-order valence-corrected chi connectivity index (χ3v) is 3.42. The Hall–Kier alpha value is -1.39. The van der Waals surface area contributed by atoms with Crippen LogP contribution in [0.4, 0.5) is 0 Å². The van der Waals surface area contributed by atoms with Crippen molar-refractivity contribution in [3.05, 3.63) is 36.3 Å². The lowest BCUT2D eigenvalue weighted by Gasteiger charge is -2.33. The summed E-state index contributed by atoms with van der Waals surface area (Å²) < 4.78 is 2.09. The van der Waals surface area contributed by atoms with Crippen LogP contribution in [-0.4, -0.2) is 40.0 Å². The first-order valence-corrected chi connectivity index (χ1v) is 6.20. The number of fused-ring (bicyclic) bond motifs is 1. The largest absolute Gasteiger partial charge is 0.314 e. The van der Waals surface area contributed by atoms with E-state index in [4.69, 9.17) is 0 Å². The second-order valence-electron chi connectivity index (χ2n) is 4.72. The summed E-state index contributed by atoms with van der Waals surface area (Å²) in [5.74, 6) is 0. The zero-order chi connectivity index (χ0) is 11.7. The molecule has 0 aromatic carbocycles. The van der Waals surface area contributed by atoms with Crippen molar-refractivity contribution in [2.75, 3.05) is 19.6 Å². The van der Waals surface area contributed by atoms with Crippen molar-refractivity contribution in [3.8, 4) is 0 Å². The number of nitrogens with zero attached hydrogens (tertiary/aromatic N) is 3. The summed E-state index contributed by atoms with van der Waals surface area (Å²) in [6.45, 7) is 6.48. The number of hydrogen-bond donors (Lipinski definition) is 1. The van der Waals surface area contributed by atoms with Gasteiger partial charge in [0.05, 0.1) is 5.69 Å². The maximum Gasteiger partial charge on any atom is 0.137 e. The minimum absolute atomic E-state index is 0.591. The van der Waals surface area contributed by atoms with Gasteiger partial charge in [0.2, 0.25) is 0 Å². The normalized spacial score (nSPS) is 22.1. The molecule has 17 heavy (non-hydrogen) atoms. The van der Waals surface area contributed by atoms with Crippen molar-refractivity contribution in [2.45, 2.75) is 19.5 Å². The molecule has 0 aliphatic carbocycles. The Kier molecular flexibility index (Phi) is 2.82. The third-order valence-electron chi connectivity index (χ3n) is 3.42. The van der Waals surface area contributed by atoms with Gasteiger partial charge in [-0.1, -0.05) is 6.07 Å². The quantitative estimate of drug-likeness (QED) is 0.839. The van der Waals surface area contributed by atoms with E-state index < -0.39 is 0 Å². The monoisotopic (exact) mass is 230 g/mol. The lowest BCUT2D eigenvalue weighted by atomic mass is 10.2. The first kappa shape index (κ1) is 10.7. The summed E-state index contributed by atoms with van der Waals surface area (Å²) in [6.07, 6.45) is 4.18. The van der Waals surface area contributed by atoms with E-state index in [1.165, 1.54) is 0 Å². The number of nitrogens with one attached hydrogen (secondary N) is 1. The Balaban J connectivity index is 1.79. The van der Waals surface area contributed by atoms with Gasteiger partial charge in [0.15, 0.2) is 0 Å². The van der Waals surface area contributed by atoms with Gasteiger partial charge in [-0.2, -0.15) is 0 Å². The third kappa shape index (κ3) is 2.18. The number of rotatable bonds is 2. The van der Waals surface area contributed by atoms with Crippen LogP contribution in [0.25, 0.3) is 5.65 Å². The molecular weight excluding hydrogens is 212 g/mol. The molecule has 1 fully saturated rings. The van der Waals surface area contributed by atoms with Gasteiger partial charge in [0.25, 0.3) is 0 Å². The fraction of sp³-hybridized carbons (Fsp3) is 0.462. The molecule has 3 heterocycles. The molecule has 1 saturated heterocycles. The maximum absolute atomic E-state index is 4.64. The van der Waals surface area contributed by atoms with Gasteiger partial charge in [-0.05, 0) is 19.1 Å². The maximum atomic E-state index is 4.64. The minimum Gasteiger partial charge on any atom is -0.314 e. The molecule has 1 atom stereocenters. The lowest BCUT2D eigenvalue weighted by Crippen LogP contribution is -2.49. The number of aromatic nitrogens is 2. The van der Waals surface area contributed by atoms with Crippen LogP contribution in [0.2, 0.25) is 0 Å². The standard InChI is InChI=1S/C13H18N4/c1-11-8-14-5-7-16(11)9-12-10-17-6-3-2-4-13(17)15-12/h2-4,6,10-11,14H,5,7-9H2,1H3/t11-/m0/s1. The summed E-state index contributed by atoms with van der Waals surface area (Å²) in [4.78, 5) is 7.13. The first-order valence-electron chi connectivity index (χ1n) is 6.20. The average molecular weight is 230 g/mol. The van der Waals surface area contributed by atoms with Crippen molar-refractivity contribution in [1.82, 2.24) is 19.6 Å². The first-order chi connectivity index (χ1) is 8.33. The van der Waals surface area contributed by atoms with Crippen LogP contribution < -0.4 is 5.32 Å². The molecule has 0 radical (unpaired) electrons. The molecule has 0 spiro atoms. The Labute approximate surface area is 101 Å². The molecule has 1 N–H and O–H groups in total. The molecule has 4 nitrogen and oxygen atoms in total. The van der Waals surface area contributed by atoms with Crippen molar-refractivity contribution < 1.29 is 0 Å². The fourth-order valence-electron chi connectivity index (χ4n) is 2.39. The van der Waals surface area contributed by atoms with Gasteiger partial charge in [0.1, 0.15) is 5.65 Å². The highest BCUT2D eigenvalue weighted by Gasteiger charge is 2.18. The van der Waals surface area contributed by atoms with Crippen molar-refractivity contribution in [3.63, 3.8) is 0 Å². The van der Waals surface area contributed by atoms with Gasteiger partial charge in [-0.25, -0.2) is 4.98 Å². The van der Waals surface area contributed by atoms with Crippen LogP contribution in [0.1, 0.15) is 12.6 Å². The summed E-state index contributed by atoms with van der Waals surface area (Å²) in [6, 6.07) is 6.70. The van der Waals surface area contributed by atoms with Gasteiger partial charge in [-0.3, -0.25) is 4.90 Å². The molecule has 0 bridgehead atoms. The zero-order valence-electron chi connectivity index (χ0n) is 10.1. The van der Waals surface area contributed by atoms with Crippen molar-refractivity contribution >= 4 is 5.65 Å². The van der Waals surface area contributed by atoms with Crippen molar-refractivity contribution in [2.24, 2.45) is 0 Å². The smallest absolute Gasteiger partial charge is 0.137 e. The highest BCUT2D eigenvalue weighted by Crippen LogP contribution is 2.10. The molecule has 0 saturated carbocycles. The molecule has 4 heteroatoms. The van der Waals surface area contributed by atoms with E-state index in [0.29, 0.717) is 6.04 Å². The fourth-order valence-corrected chi connectivity index (χ4v) is 2.39. The molecule has 2 aromatic rings. The van der Waals surface area contributed by atoms with E-state index in [0.717, 1.165) is 37.5 Å². The number of imidazole rings is 1. The van der Waals surface area contributed by atoms with Crippen LogP contribution in [0, 0.1) is 0 Å². The second kappa shape index (κ2) is 4.47. The Morgan fingerprint density at radius 2 is 2.41 bits per heavy atom. The molecule has 3 rings (SSSR count). The van der Waals surface area contributed by atoms with Gasteiger partial charge < -0.3 is 9.72 Å². The predicted molar refractivity (Wildman–Crippen MR) is 67.9 cm³/mol. The van der Waals surface area contributed by atoms with Crippen LogP contribution in [0.5, 0.6) is 0 Å². The van der Waals surface area contributed by atoms with E-state index in [9.17, 15) is 0 Å². The molecule has 90 valence electrons. The molecule has 0 unspecified atom stereocenters. The predicted octanol–water partition coefficient (Wildman–Crippen LogP) is 1.13. The number of pyridine rings is 1. The zero-order valence-corrected chi connectivity index (χ0v) is 10.1. The van der Waals surface area contributed by atoms with Crippen LogP contribution >= 0.6 is 0 Å². The highest BCUT2D eigenvalue weighted by molar-refractivity contribution is 5.39. The summed E-state index contributed by atoms with van der Waals surface area (Å²) in [5, 5.41) is 3.41. The molecule has 0 amide bonds. The molecule has 1 aliphatic heterocycles. The van der Waals surface area contributed by atoms with Gasteiger partial charge >= 0.3 is 0 Å². The second-order valence-corrected chi connectivity index (χ2v) is 4.72. The van der Waals surface area contributed by atoms with E-state index in [2.05, 4.69) is 32.7 Å². The van der Waals surface area contributed by atoms with Crippen molar-refractivity contribution in [1.29, 1.82) is 0 Å². The lowest BCUT2D eigenvalue weighted by molar-refractivity contribution is 0.164. The van der Waals surface area contributed by atoms with Crippen LogP contribution in [0.3, 0.4) is 0 Å². The summed E-state index contributed by atoms with van der Waals surface area (Å²) >= 11 is 0. The van der Waals surface area contributed by atoms with Gasteiger partial charge in [-0.15, -0.1) is 0 Å². The Morgan fingerprint density at radius 1 is 1.47 bits per heavy atom. The van der Waals surface area contributed by atoms with E-state index in [-0.39, 0.29) is 0 Å². The topological polar surface area (TPSA) is 32.6 Å². The van der Waals surface area contributed by atoms with Crippen LogP contribution in [-0.2, 0) is 6.54 Å².